The lowest BCUT2D eigenvalue weighted by atomic mass is 10.1. The van der Waals surface area contributed by atoms with Gasteiger partial charge in [0.1, 0.15) is 12.4 Å². The number of rotatable bonds is 4. The summed E-state index contributed by atoms with van der Waals surface area (Å²) in [4.78, 5) is 15.5. The van der Waals surface area contributed by atoms with Gasteiger partial charge in [-0.15, -0.1) is 0 Å². The van der Waals surface area contributed by atoms with Crippen LogP contribution in [0.3, 0.4) is 0 Å². The summed E-state index contributed by atoms with van der Waals surface area (Å²) in [5.41, 5.74) is 2.57. The van der Waals surface area contributed by atoms with Gasteiger partial charge in [0.05, 0.1) is 16.8 Å². The number of aromatic carboxylic acids is 1. The summed E-state index contributed by atoms with van der Waals surface area (Å²) in [6.45, 7) is 2.17. The summed E-state index contributed by atoms with van der Waals surface area (Å²) in [5.74, 6) is -0.277. The van der Waals surface area contributed by atoms with Gasteiger partial charge < -0.3 is 9.84 Å². The lowest BCUT2D eigenvalue weighted by Gasteiger charge is -2.08. The van der Waals surface area contributed by atoms with Gasteiger partial charge in [-0.3, -0.25) is 4.98 Å². The van der Waals surface area contributed by atoms with Gasteiger partial charge in [-0.25, -0.2) is 4.79 Å². The maximum absolute atomic E-state index is 11.2. The molecule has 3 rings (SSSR count). The van der Waals surface area contributed by atoms with Crippen molar-refractivity contribution >= 4 is 16.9 Å². The Kier molecular flexibility index (Phi) is 3.74. The lowest BCUT2D eigenvalue weighted by Crippen LogP contribution is -2.02. The van der Waals surface area contributed by atoms with E-state index < -0.39 is 5.97 Å². The van der Waals surface area contributed by atoms with E-state index in [1.165, 1.54) is 0 Å². The molecule has 4 heteroatoms. The van der Waals surface area contributed by atoms with E-state index in [0.717, 1.165) is 16.5 Å². The third-order valence-corrected chi connectivity index (χ3v) is 3.46. The largest absolute Gasteiger partial charge is 0.489 e. The molecular weight excluding hydrogens is 278 g/mol. The topological polar surface area (TPSA) is 59.4 Å². The fourth-order valence-corrected chi connectivity index (χ4v) is 2.30. The number of carboxylic acid groups (broad SMARTS) is 1. The molecule has 3 aromatic rings. The predicted molar refractivity (Wildman–Crippen MR) is 84.2 cm³/mol. The summed E-state index contributed by atoms with van der Waals surface area (Å²) in [6, 6.07) is 17.0. The Morgan fingerprint density at radius 3 is 2.64 bits per heavy atom. The molecule has 1 heterocycles. The Bertz CT molecular complexity index is 828. The molecule has 0 spiro atoms. The van der Waals surface area contributed by atoms with Crippen LogP contribution in [-0.2, 0) is 6.61 Å². The number of aromatic nitrogens is 1. The second-order valence-electron chi connectivity index (χ2n) is 5.06. The average Bonchev–Trinajstić information content (AvgIpc) is 2.53. The molecule has 110 valence electrons. The quantitative estimate of drug-likeness (QED) is 0.794. The molecule has 0 atom stereocenters. The fourth-order valence-electron chi connectivity index (χ4n) is 2.30. The monoisotopic (exact) mass is 293 g/mol. The summed E-state index contributed by atoms with van der Waals surface area (Å²) < 4.78 is 5.76. The minimum Gasteiger partial charge on any atom is -0.489 e. The molecule has 0 fully saturated rings. The van der Waals surface area contributed by atoms with Crippen molar-refractivity contribution < 1.29 is 14.6 Å². The molecule has 0 aliphatic heterocycles. The first-order valence-corrected chi connectivity index (χ1v) is 6.95. The first-order valence-electron chi connectivity index (χ1n) is 6.95. The van der Waals surface area contributed by atoms with E-state index in [1.807, 2.05) is 48.5 Å². The highest BCUT2D eigenvalue weighted by molar-refractivity contribution is 5.94. The second-order valence-corrected chi connectivity index (χ2v) is 5.06. The van der Waals surface area contributed by atoms with E-state index in [2.05, 4.69) is 4.98 Å². The fraction of sp³-hybridized carbons (Fsp3) is 0.111. The number of ether oxygens (including phenoxy) is 1. The zero-order chi connectivity index (χ0) is 15.5. The van der Waals surface area contributed by atoms with Crippen molar-refractivity contribution in [2.45, 2.75) is 13.5 Å². The van der Waals surface area contributed by atoms with Crippen LogP contribution in [0.4, 0.5) is 0 Å². The maximum Gasteiger partial charge on any atom is 0.337 e. The van der Waals surface area contributed by atoms with Crippen LogP contribution in [0.15, 0.2) is 54.6 Å². The van der Waals surface area contributed by atoms with E-state index in [0.29, 0.717) is 18.1 Å². The van der Waals surface area contributed by atoms with Crippen molar-refractivity contribution in [2.24, 2.45) is 0 Å². The molecule has 0 saturated carbocycles. The Morgan fingerprint density at radius 1 is 1.14 bits per heavy atom. The molecule has 0 aliphatic rings. The second kappa shape index (κ2) is 5.85. The molecule has 0 saturated heterocycles. The molecule has 1 aromatic heterocycles. The molecular formula is C18H15NO3. The summed E-state index contributed by atoms with van der Waals surface area (Å²) in [7, 11) is 0. The molecule has 22 heavy (non-hydrogen) atoms. The number of aryl methyl sites for hydroxylation is 1. The molecule has 0 amide bonds. The number of carboxylic acids is 1. The SMILES string of the molecule is Cc1nc2ccc(OCc3ccccc3)cc2cc1C(=O)O. The minimum atomic E-state index is -0.970. The van der Waals surface area contributed by atoms with Crippen LogP contribution in [0.25, 0.3) is 10.9 Å². The average molecular weight is 293 g/mol. The van der Waals surface area contributed by atoms with Crippen molar-refractivity contribution in [1.82, 2.24) is 4.98 Å². The van der Waals surface area contributed by atoms with Gasteiger partial charge in [0, 0.05) is 5.39 Å². The Labute approximate surface area is 128 Å². The van der Waals surface area contributed by atoms with Crippen molar-refractivity contribution in [3.63, 3.8) is 0 Å². The Morgan fingerprint density at radius 2 is 1.91 bits per heavy atom. The number of carbonyl (C=O) groups is 1. The van der Waals surface area contributed by atoms with Crippen LogP contribution in [0, 0.1) is 6.92 Å². The minimum absolute atomic E-state index is 0.215. The summed E-state index contributed by atoms with van der Waals surface area (Å²) in [5, 5.41) is 9.93. The van der Waals surface area contributed by atoms with Gasteiger partial charge in [0.15, 0.2) is 0 Å². The van der Waals surface area contributed by atoms with Crippen LogP contribution in [-0.4, -0.2) is 16.1 Å². The molecule has 0 radical (unpaired) electrons. The van der Waals surface area contributed by atoms with Gasteiger partial charge in [-0.2, -0.15) is 0 Å². The van der Waals surface area contributed by atoms with Crippen LogP contribution in [0.2, 0.25) is 0 Å². The number of fused-ring (bicyclic) bond motifs is 1. The van der Waals surface area contributed by atoms with Crippen LogP contribution in [0.1, 0.15) is 21.6 Å². The highest BCUT2D eigenvalue weighted by Gasteiger charge is 2.10. The predicted octanol–water partition coefficient (Wildman–Crippen LogP) is 3.82. The summed E-state index contributed by atoms with van der Waals surface area (Å²) in [6.07, 6.45) is 0. The maximum atomic E-state index is 11.2. The molecule has 0 bridgehead atoms. The zero-order valence-corrected chi connectivity index (χ0v) is 12.1. The van der Waals surface area contributed by atoms with E-state index in [-0.39, 0.29) is 5.56 Å². The molecule has 1 N–H and O–H groups in total. The van der Waals surface area contributed by atoms with Crippen molar-refractivity contribution in [3.8, 4) is 5.75 Å². The molecule has 4 nitrogen and oxygen atoms in total. The third-order valence-electron chi connectivity index (χ3n) is 3.46. The number of hydrogen-bond donors (Lipinski definition) is 1. The summed E-state index contributed by atoms with van der Waals surface area (Å²) >= 11 is 0. The van der Waals surface area contributed by atoms with Gasteiger partial charge in [-0.1, -0.05) is 30.3 Å². The van der Waals surface area contributed by atoms with Gasteiger partial charge in [-0.05, 0) is 36.8 Å². The van der Waals surface area contributed by atoms with Gasteiger partial charge >= 0.3 is 5.97 Å². The zero-order valence-electron chi connectivity index (χ0n) is 12.1. The Balaban J connectivity index is 1.88. The number of benzene rings is 2. The normalized spacial score (nSPS) is 10.6. The molecule has 0 unspecified atom stereocenters. The van der Waals surface area contributed by atoms with Crippen LogP contribution < -0.4 is 4.74 Å². The number of hydrogen-bond acceptors (Lipinski definition) is 3. The highest BCUT2D eigenvalue weighted by atomic mass is 16.5. The van der Waals surface area contributed by atoms with Crippen molar-refractivity contribution in [2.75, 3.05) is 0 Å². The first-order chi connectivity index (χ1) is 10.6. The number of nitrogens with zero attached hydrogens (tertiary/aromatic N) is 1. The molecule has 2 aromatic carbocycles. The van der Waals surface area contributed by atoms with Gasteiger partial charge in [0.25, 0.3) is 0 Å². The van der Waals surface area contributed by atoms with Crippen molar-refractivity contribution in [1.29, 1.82) is 0 Å². The first kappa shape index (κ1) is 14.1. The van der Waals surface area contributed by atoms with Gasteiger partial charge in [0.2, 0.25) is 0 Å². The van der Waals surface area contributed by atoms with E-state index in [9.17, 15) is 9.90 Å². The van der Waals surface area contributed by atoms with Crippen LogP contribution >= 0.6 is 0 Å². The van der Waals surface area contributed by atoms with E-state index in [4.69, 9.17) is 4.74 Å². The third kappa shape index (κ3) is 2.91. The highest BCUT2D eigenvalue weighted by Crippen LogP contribution is 2.23. The standard InChI is InChI=1S/C18H15NO3/c1-12-16(18(20)21)10-14-9-15(7-8-17(14)19-12)22-11-13-5-3-2-4-6-13/h2-10H,11H2,1H3,(H,20,21). The van der Waals surface area contributed by atoms with Crippen LogP contribution in [0.5, 0.6) is 5.75 Å². The van der Waals surface area contributed by atoms with E-state index in [1.54, 1.807) is 13.0 Å². The Hall–Kier alpha value is -2.88. The smallest absolute Gasteiger partial charge is 0.337 e. The lowest BCUT2D eigenvalue weighted by molar-refractivity contribution is 0.0696. The molecule has 0 aliphatic carbocycles. The van der Waals surface area contributed by atoms with E-state index >= 15 is 0 Å². The number of pyridine rings is 1. The van der Waals surface area contributed by atoms with Crippen molar-refractivity contribution in [3.05, 3.63) is 71.4 Å².